The average molecular weight is 589 g/mol. The predicted molar refractivity (Wildman–Crippen MR) is 158 cm³/mol. The van der Waals surface area contributed by atoms with E-state index in [0.717, 1.165) is 27.8 Å². The summed E-state index contributed by atoms with van der Waals surface area (Å²) in [5.74, 6) is -1.79. The minimum atomic E-state index is -1.22. The first-order chi connectivity index (χ1) is 20.6. The molecular formula is C33H36N2O8. The number of rotatable bonds is 11. The monoisotopic (exact) mass is 588 g/mol. The third kappa shape index (κ3) is 9.06. The minimum Gasteiger partial charge on any atom is -0.458 e. The summed E-state index contributed by atoms with van der Waals surface area (Å²) in [4.78, 5) is 50.0. The fourth-order valence-corrected chi connectivity index (χ4v) is 4.67. The Morgan fingerprint density at radius 3 is 2.00 bits per heavy atom. The van der Waals surface area contributed by atoms with Crippen molar-refractivity contribution >= 4 is 24.1 Å². The maximum Gasteiger partial charge on any atom is 0.407 e. The summed E-state index contributed by atoms with van der Waals surface area (Å²) in [5.41, 5.74) is 4.33. The lowest BCUT2D eigenvalue weighted by Crippen LogP contribution is -2.45. The Labute approximate surface area is 250 Å². The molecule has 0 aromatic heterocycles. The van der Waals surface area contributed by atoms with Gasteiger partial charge in [-0.05, 0) is 55.0 Å². The second-order valence-corrected chi connectivity index (χ2v) is 11.0. The van der Waals surface area contributed by atoms with Gasteiger partial charge in [0, 0.05) is 12.5 Å². The molecule has 1 atom stereocenters. The van der Waals surface area contributed by atoms with E-state index in [-0.39, 0.29) is 32.1 Å². The van der Waals surface area contributed by atoms with Crippen LogP contribution in [0.25, 0.3) is 11.1 Å². The summed E-state index contributed by atoms with van der Waals surface area (Å²) >= 11 is 0. The van der Waals surface area contributed by atoms with Gasteiger partial charge in [0.2, 0.25) is 0 Å². The fraction of sp³-hybridized carbons (Fsp3) is 0.333. The van der Waals surface area contributed by atoms with Crippen LogP contribution < -0.4 is 10.6 Å². The lowest BCUT2D eigenvalue weighted by Gasteiger charge is -2.21. The number of alkyl carbamates (subject to hydrolysis) is 2. The van der Waals surface area contributed by atoms with Crippen LogP contribution in [0.15, 0.2) is 78.9 Å². The summed E-state index contributed by atoms with van der Waals surface area (Å²) < 4.78 is 21.1. The Hall–Kier alpha value is -4.86. The van der Waals surface area contributed by atoms with Crippen LogP contribution in [-0.4, -0.2) is 55.5 Å². The normalized spacial score (nSPS) is 12.7. The Morgan fingerprint density at radius 1 is 0.767 bits per heavy atom. The number of esters is 2. The summed E-state index contributed by atoms with van der Waals surface area (Å²) in [6.07, 6.45) is -1.56. The van der Waals surface area contributed by atoms with Crippen LogP contribution in [0.1, 0.15) is 49.8 Å². The molecule has 43 heavy (non-hydrogen) atoms. The van der Waals surface area contributed by atoms with Crippen LogP contribution in [0.3, 0.4) is 0 Å². The number of carbonyl (C=O) groups excluding carboxylic acids is 4. The molecule has 0 spiro atoms. The number of benzene rings is 3. The van der Waals surface area contributed by atoms with E-state index in [1.54, 1.807) is 32.9 Å². The summed E-state index contributed by atoms with van der Waals surface area (Å²) in [7, 11) is 0. The maximum absolute atomic E-state index is 12.9. The quantitative estimate of drug-likeness (QED) is 0.234. The van der Waals surface area contributed by atoms with E-state index in [4.69, 9.17) is 18.9 Å². The predicted octanol–water partition coefficient (Wildman–Crippen LogP) is 5.10. The van der Waals surface area contributed by atoms with E-state index < -0.39 is 42.4 Å². The van der Waals surface area contributed by atoms with Crippen LogP contribution in [-0.2, 0) is 35.1 Å². The minimum absolute atomic E-state index is 0.0171. The van der Waals surface area contributed by atoms with Crippen molar-refractivity contribution in [2.24, 2.45) is 0 Å². The standard InChI is InChI=1S/C33H36N2O8/c1-33(2,3)43-31(38)34-18-17-28(30(37)41-21-29(36)40-19-22-11-5-4-6-12-22)35-32(39)42-20-27-25-15-9-7-13-23(25)24-14-8-10-16-26(24)27/h4-16,27-28H,17-21H2,1-3H3,(H,34,38)(H,35,39). The summed E-state index contributed by atoms with van der Waals surface area (Å²) in [5, 5.41) is 5.06. The number of hydrogen-bond donors (Lipinski definition) is 2. The zero-order valence-electron chi connectivity index (χ0n) is 24.5. The topological polar surface area (TPSA) is 129 Å². The highest BCUT2D eigenvalue weighted by Gasteiger charge is 2.30. The van der Waals surface area contributed by atoms with Gasteiger partial charge in [0.1, 0.15) is 24.9 Å². The van der Waals surface area contributed by atoms with Crippen LogP contribution in [0, 0.1) is 0 Å². The molecule has 4 rings (SSSR count). The van der Waals surface area contributed by atoms with Crippen molar-refractivity contribution in [2.45, 2.75) is 51.4 Å². The molecule has 0 radical (unpaired) electrons. The molecule has 3 aromatic rings. The molecule has 0 bridgehead atoms. The SMILES string of the molecule is CC(C)(C)OC(=O)NCCC(NC(=O)OCC1c2ccccc2-c2ccccc21)C(=O)OCC(=O)OCc1ccccc1. The van der Waals surface area contributed by atoms with Crippen LogP contribution in [0.5, 0.6) is 0 Å². The molecule has 0 fully saturated rings. The average Bonchev–Trinajstić information content (AvgIpc) is 3.30. The van der Waals surface area contributed by atoms with Gasteiger partial charge in [0.25, 0.3) is 0 Å². The molecule has 3 aromatic carbocycles. The molecule has 0 heterocycles. The van der Waals surface area contributed by atoms with Gasteiger partial charge in [-0.1, -0.05) is 78.9 Å². The van der Waals surface area contributed by atoms with E-state index in [1.807, 2.05) is 66.7 Å². The number of fused-ring (bicyclic) bond motifs is 3. The van der Waals surface area contributed by atoms with Gasteiger partial charge < -0.3 is 29.6 Å². The van der Waals surface area contributed by atoms with E-state index >= 15 is 0 Å². The molecule has 1 aliphatic rings. The van der Waals surface area contributed by atoms with Gasteiger partial charge in [-0.25, -0.2) is 19.2 Å². The molecule has 0 saturated carbocycles. The summed E-state index contributed by atoms with van der Waals surface area (Å²) in [6, 6.07) is 23.7. The van der Waals surface area contributed by atoms with E-state index in [0.29, 0.717) is 0 Å². The molecule has 0 saturated heterocycles. The van der Waals surface area contributed by atoms with Crippen molar-refractivity contribution in [1.82, 2.24) is 10.6 Å². The Bertz CT molecular complexity index is 1390. The maximum atomic E-state index is 12.9. The van der Waals surface area contributed by atoms with Crippen LogP contribution >= 0.6 is 0 Å². The number of nitrogens with one attached hydrogen (secondary N) is 2. The molecule has 2 N–H and O–H groups in total. The van der Waals surface area contributed by atoms with Gasteiger partial charge in [0.05, 0.1) is 0 Å². The zero-order chi connectivity index (χ0) is 30.8. The van der Waals surface area contributed by atoms with Crippen molar-refractivity contribution in [3.8, 4) is 11.1 Å². The van der Waals surface area contributed by atoms with E-state index in [9.17, 15) is 19.2 Å². The highest BCUT2D eigenvalue weighted by Crippen LogP contribution is 2.44. The van der Waals surface area contributed by atoms with E-state index in [1.165, 1.54) is 0 Å². The number of hydrogen-bond acceptors (Lipinski definition) is 8. The largest absolute Gasteiger partial charge is 0.458 e. The van der Waals surface area contributed by atoms with Crippen molar-refractivity contribution in [2.75, 3.05) is 19.8 Å². The Kier molecular flexibility index (Phi) is 10.4. The van der Waals surface area contributed by atoms with Crippen molar-refractivity contribution in [3.05, 3.63) is 95.6 Å². The van der Waals surface area contributed by atoms with Gasteiger partial charge in [-0.15, -0.1) is 0 Å². The third-order valence-corrected chi connectivity index (χ3v) is 6.60. The first kappa shape index (κ1) is 31.1. The lowest BCUT2D eigenvalue weighted by molar-refractivity contribution is -0.160. The molecule has 10 heteroatoms. The molecule has 10 nitrogen and oxygen atoms in total. The first-order valence-electron chi connectivity index (χ1n) is 14.1. The molecule has 1 aliphatic carbocycles. The van der Waals surface area contributed by atoms with Crippen LogP contribution in [0.4, 0.5) is 9.59 Å². The highest BCUT2D eigenvalue weighted by atomic mass is 16.6. The Morgan fingerprint density at radius 2 is 1.37 bits per heavy atom. The number of ether oxygens (including phenoxy) is 4. The lowest BCUT2D eigenvalue weighted by atomic mass is 9.98. The van der Waals surface area contributed by atoms with Crippen molar-refractivity contribution < 1.29 is 38.1 Å². The molecule has 0 aliphatic heterocycles. The van der Waals surface area contributed by atoms with Gasteiger partial charge in [-0.2, -0.15) is 0 Å². The molecule has 1 unspecified atom stereocenters. The molecule has 226 valence electrons. The molecular weight excluding hydrogens is 552 g/mol. The smallest absolute Gasteiger partial charge is 0.407 e. The fourth-order valence-electron chi connectivity index (χ4n) is 4.67. The van der Waals surface area contributed by atoms with Gasteiger partial charge in [-0.3, -0.25) is 0 Å². The molecule has 2 amide bonds. The first-order valence-corrected chi connectivity index (χ1v) is 14.1. The Balaban J connectivity index is 1.34. The zero-order valence-corrected chi connectivity index (χ0v) is 24.5. The highest BCUT2D eigenvalue weighted by molar-refractivity contribution is 5.84. The number of carbonyl (C=O) groups is 4. The van der Waals surface area contributed by atoms with Gasteiger partial charge >= 0.3 is 24.1 Å². The van der Waals surface area contributed by atoms with Gasteiger partial charge in [0.15, 0.2) is 6.61 Å². The second kappa shape index (κ2) is 14.4. The third-order valence-electron chi connectivity index (χ3n) is 6.60. The second-order valence-electron chi connectivity index (χ2n) is 11.0. The summed E-state index contributed by atoms with van der Waals surface area (Å²) in [6.45, 7) is 4.58. The van der Waals surface area contributed by atoms with Crippen molar-refractivity contribution in [3.63, 3.8) is 0 Å². The van der Waals surface area contributed by atoms with Crippen molar-refractivity contribution in [1.29, 1.82) is 0 Å². The van der Waals surface area contributed by atoms with E-state index in [2.05, 4.69) is 10.6 Å². The van der Waals surface area contributed by atoms with Crippen LogP contribution in [0.2, 0.25) is 0 Å². The number of amides is 2.